The summed E-state index contributed by atoms with van der Waals surface area (Å²) in [6.07, 6.45) is 0.810. The lowest BCUT2D eigenvalue weighted by Crippen LogP contribution is -2.34. The summed E-state index contributed by atoms with van der Waals surface area (Å²) < 4.78 is 11.3. The number of nitrogens with zero attached hydrogens (tertiary/aromatic N) is 2. The van der Waals surface area contributed by atoms with Crippen molar-refractivity contribution in [2.45, 2.75) is 10.0 Å². The number of rotatable bonds is 7. The maximum absolute atomic E-state index is 11.1. The molecule has 2 aromatic carbocycles. The van der Waals surface area contributed by atoms with Crippen LogP contribution in [-0.2, 0) is 0 Å². The Labute approximate surface area is 160 Å². The van der Waals surface area contributed by atoms with Gasteiger partial charge in [-0.05, 0) is 40.8 Å². The number of nitro groups is 1. The van der Waals surface area contributed by atoms with Gasteiger partial charge in [0.25, 0.3) is 0 Å². The van der Waals surface area contributed by atoms with Crippen LogP contribution < -0.4 is 9.47 Å². The van der Waals surface area contributed by atoms with Crippen molar-refractivity contribution in [1.82, 2.24) is 4.90 Å². The van der Waals surface area contributed by atoms with E-state index >= 15 is 0 Å². The number of likely N-dealkylation sites (tertiary alicyclic amines) is 1. The van der Waals surface area contributed by atoms with Gasteiger partial charge in [-0.15, -0.1) is 0 Å². The van der Waals surface area contributed by atoms with Gasteiger partial charge in [0.1, 0.15) is 12.4 Å². The minimum Gasteiger partial charge on any atom is -0.492 e. The van der Waals surface area contributed by atoms with Gasteiger partial charge in [-0.2, -0.15) is 0 Å². The Hall–Kier alpha value is -1.87. The van der Waals surface area contributed by atoms with E-state index in [1.807, 2.05) is 30.3 Å². The molecule has 0 radical (unpaired) electrons. The first-order valence-electron chi connectivity index (χ1n) is 8.07. The van der Waals surface area contributed by atoms with E-state index < -0.39 is 8.53 Å². The second-order valence-corrected chi connectivity index (χ2v) is 7.86. The van der Waals surface area contributed by atoms with Crippen LogP contribution in [0, 0.1) is 10.1 Å². The summed E-state index contributed by atoms with van der Waals surface area (Å²) in [5.41, 5.74) is 0.00408. The fraction of sp³-hybridized carbons (Fsp3) is 0.333. The molecule has 7 heteroatoms. The normalized spacial score (nSPS) is 20.4. The highest BCUT2D eigenvalue weighted by Crippen LogP contribution is 2.37. The van der Waals surface area contributed by atoms with E-state index in [2.05, 4.69) is 27.5 Å². The fourth-order valence-corrected chi connectivity index (χ4v) is 3.75. The molecular weight excluding hydrogens is 435 g/mol. The number of nitro benzene ring substituents is 1. The standard InChI is InChI=1S/C18H19IN2O4/c19-18(25-17-9-5-4-8-16(17)21(22)23)10-11-20(14-18)12-13-24-15-6-2-1-3-7-15/h1-9H,10-14H2. The van der Waals surface area contributed by atoms with Crippen molar-refractivity contribution < 1.29 is 14.4 Å². The van der Waals surface area contributed by atoms with Crippen molar-refractivity contribution in [3.63, 3.8) is 0 Å². The Morgan fingerprint density at radius 2 is 1.88 bits per heavy atom. The van der Waals surface area contributed by atoms with Gasteiger partial charge < -0.3 is 9.47 Å². The van der Waals surface area contributed by atoms with Crippen molar-refractivity contribution >= 4 is 28.3 Å². The van der Waals surface area contributed by atoms with Gasteiger partial charge in [-0.25, -0.2) is 0 Å². The summed E-state index contributed by atoms with van der Waals surface area (Å²) in [6, 6.07) is 16.2. The molecule has 6 nitrogen and oxygen atoms in total. The maximum atomic E-state index is 11.1. The van der Waals surface area contributed by atoms with E-state index in [-0.39, 0.29) is 5.69 Å². The predicted octanol–water partition coefficient (Wildman–Crippen LogP) is 3.89. The van der Waals surface area contributed by atoms with Gasteiger partial charge in [0.2, 0.25) is 0 Å². The lowest BCUT2D eigenvalue weighted by Gasteiger charge is -2.24. The molecule has 1 heterocycles. The van der Waals surface area contributed by atoms with Crippen LogP contribution in [0.3, 0.4) is 0 Å². The highest BCUT2D eigenvalue weighted by Gasteiger charge is 2.38. The van der Waals surface area contributed by atoms with Gasteiger partial charge in [0.15, 0.2) is 9.36 Å². The minimum atomic E-state index is -0.462. The van der Waals surface area contributed by atoms with Crippen LogP contribution in [0.1, 0.15) is 6.42 Å². The largest absolute Gasteiger partial charge is 0.492 e. The van der Waals surface area contributed by atoms with Gasteiger partial charge in [0, 0.05) is 32.1 Å². The van der Waals surface area contributed by atoms with Gasteiger partial charge in [-0.1, -0.05) is 30.3 Å². The molecule has 3 rings (SSSR count). The Morgan fingerprint density at radius 3 is 2.64 bits per heavy atom. The number of benzene rings is 2. The zero-order valence-electron chi connectivity index (χ0n) is 13.6. The Morgan fingerprint density at radius 1 is 1.16 bits per heavy atom. The molecular formula is C18H19IN2O4. The summed E-state index contributed by atoms with van der Waals surface area (Å²) in [5.74, 6) is 1.18. The molecule has 0 aliphatic carbocycles. The summed E-state index contributed by atoms with van der Waals surface area (Å²) in [6.45, 7) is 2.97. The predicted molar refractivity (Wildman–Crippen MR) is 103 cm³/mol. The van der Waals surface area contributed by atoms with E-state index in [1.165, 1.54) is 6.07 Å². The van der Waals surface area contributed by atoms with Crippen LogP contribution in [0.5, 0.6) is 11.5 Å². The quantitative estimate of drug-likeness (QED) is 0.275. The van der Waals surface area contributed by atoms with Crippen molar-refractivity contribution in [3.05, 3.63) is 64.7 Å². The lowest BCUT2D eigenvalue weighted by atomic mass is 10.2. The average Bonchev–Trinajstić information content (AvgIpc) is 2.97. The van der Waals surface area contributed by atoms with Crippen molar-refractivity contribution in [1.29, 1.82) is 0 Å². The van der Waals surface area contributed by atoms with Crippen LogP contribution in [-0.4, -0.2) is 39.7 Å². The smallest absolute Gasteiger partial charge is 0.310 e. The first-order valence-corrected chi connectivity index (χ1v) is 9.15. The van der Waals surface area contributed by atoms with E-state index in [9.17, 15) is 10.1 Å². The van der Waals surface area contributed by atoms with Crippen molar-refractivity contribution in [2.75, 3.05) is 26.2 Å². The lowest BCUT2D eigenvalue weighted by molar-refractivity contribution is -0.386. The zero-order valence-corrected chi connectivity index (χ0v) is 15.8. The first-order chi connectivity index (χ1) is 12.1. The van der Waals surface area contributed by atoms with Crippen LogP contribution >= 0.6 is 22.6 Å². The molecule has 1 fully saturated rings. The molecule has 1 atom stereocenters. The van der Waals surface area contributed by atoms with Crippen LogP contribution in [0.2, 0.25) is 0 Å². The first kappa shape index (κ1) is 17.9. The highest BCUT2D eigenvalue weighted by atomic mass is 127. The van der Waals surface area contributed by atoms with Crippen molar-refractivity contribution in [3.8, 4) is 11.5 Å². The maximum Gasteiger partial charge on any atom is 0.310 e. The Kier molecular flexibility index (Phi) is 5.74. The second kappa shape index (κ2) is 8.01. The molecule has 1 aliphatic rings. The summed E-state index contributed by atoms with van der Waals surface area (Å²) in [4.78, 5) is 13.0. The van der Waals surface area contributed by atoms with Gasteiger partial charge >= 0.3 is 5.69 Å². The number of para-hydroxylation sites is 3. The molecule has 0 saturated carbocycles. The number of halogens is 1. The summed E-state index contributed by atoms with van der Waals surface area (Å²) in [5, 5.41) is 11.1. The van der Waals surface area contributed by atoms with E-state index in [1.54, 1.807) is 18.2 Å². The van der Waals surface area contributed by atoms with Gasteiger partial charge in [-0.3, -0.25) is 15.0 Å². The number of hydrogen-bond acceptors (Lipinski definition) is 5. The van der Waals surface area contributed by atoms with E-state index in [0.717, 1.165) is 25.3 Å². The van der Waals surface area contributed by atoms with Gasteiger partial charge in [0.05, 0.1) is 4.92 Å². The topological polar surface area (TPSA) is 64.8 Å². The molecule has 0 aromatic heterocycles. The van der Waals surface area contributed by atoms with E-state index in [0.29, 0.717) is 18.9 Å². The SMILES string of the molecule is O=[N+]([O-])c1ccccc1OC1(I)CCN(CCOc2ccccc2)C1. The van der Waals surface area contributed by atoms with E-state index in [4.69, 9.17) is 9.47 Å². The molecule has 1 aliphatic heterocycles. The van der Waals surface area contributed by atoms with Crippen LogP contribution in [0.15, 0.2) is 54.6 Å². The number of ether oxygens (including phenoxy) is 2. The Bertz CT molecular complexity index is 728. The molecule has 2 aromatic rings. The summed E-state index contributed by atoms with van der Waals surface area (Å²) in [7, 11) is 0. The molecule has 1 unspecified atom stereocenters. The third kappa shape index (κ3) is 4.82. The average molecular weight is 454 g/mol. The zero-order chi connectivity index (χ0) is 17.7. The third-order valence-electron chi connectivity index (χ3n) is 4.04. The van der Waals surface area contributed by atoms with Crippen LogP contribution in [0.25, 0.3) is 0 Å². The molecule has 132 valence electrons. The van der Waals surface area contributed by atoms with Crippen molar-refractivity contribution in [2.24, 2.45) is 0 Å². The molecule has 0 bridgehead atoms. The Balaban J connectivity index is 1.53. The molecule has 25 heavy (non-hydrogen) atoms. The third-order valence-corrected chi connectivity index (χ3v) is 5.14. The fourth-order valence-electron chi connectivity index (χ4n) is 2.79. The number of alkyl halides is 1. The second-order valence-electron chi connectivity index (χ2n) is 5.90. The minimum absolute atomic E-state index is 0.00408. The van der Waals surface area contributed by atoms with Crippen LogP contribution in [0.4, 0.5) is 5.69 Å². The highest BCUT2D eigenvalue weighted by molar-refractivity contribution is 14.1. The summed E-state index contributed by atoms with van der Waals surface area (Å²) >= 11 is 2.26. The molecule has 0 N–H and O–H groups in total. The molecule has 0 amide bonds. The molecule has 0 spiro atoms. The molecule has 1 saturated heterocycles. The number of hydrogen-bond donors (Lipinski definition) is 0. The monoisotopic (exact) mass is 454 g/mol.